The molecule has 8 atom stereocenters. The maximum absolute atomic E-state index is 12.3. The summed E-state index contributed by atoms with van der Waals surface area (Å²) in [5, 5.41) is 47.3. The molecule has 0 spiro atoms. The van der Waals surface area contributed by atoms with Crippen molar-refractivity contribution in [2.24, 2.45) is 27.6 Å². The number of fused-ring (bicyclic) bond motifs is 7. The van der Waals surface area contributed by atoms with Crippen molar-refractivity contribution >= 4 is 29.5 Å². The van der Waals surface area contributed by atoms with Crippen molar-refractivity contribution in [2.75, 3.05) is 20.2 Å². The Hall–Kier alpha value is -4.64. The minimum absolute atomic E-state index is 0.00431. The Morgan fingerprint density at radius 1 is 0.862 bits per heavy atom. The summed E-state index contributed by atoms with van der Waals surface area (Å²) < 4.78 is 6.48. The van der Waals surface area contributed by atoms with E-state index in [4.69, 9.17) is 26.6 Å². The quantitative estimate of drug-likeness (QED) is 0.0793. The number of ether oxygens (including phenoxy) is 1. The summed E-state index contributed by atoms with van der Waals surface area (Å²) in [4.78, 5) is 33.8. The van der Waals surface area contributed by atoms with E-state index >= 15 is 0 Å². The summed E-state index contributed by atoms with van der Waals surface area (Å²) in [6.45, 7) is 17.6. The van der Waals surface area contributed by atoms with Gasteiger partial charge in [-0.1, -0.05) is 93.4 Å². The molecule has 352 valence electrons. The van der Waals surface area contributed by atoms with Gasteiger partial charge in [-0.15, -0.1) is 0 Å². The van der Waals surface area contributed by atoms with Gasteiger partial charge in [-0.05, 0) is 173 Å². The van der Waals surface area contributed by atoms with E-state index in [-0.39, 0.29) is 33.2 Å². The number of phenols is 2. The van der Waals surface area contributed by atoms with E-state index in [1.54, 1.807) is 0 Å². The zero-order valence-corrected chi connectivity index (χ0v) is 40.3. The van der Waals surface area contributed by atoms with E-state index in [2.05, 4.69) is 89.0 Å². The number of halogens is 1. The third-order valence-corrected chi connectivity index (χ3v) is 17.4. The molecule has 5 aliphatic rings. The number of rotatable bonds is 9. The lowest BCUT2D eigenvalue weighted by molar-refractivity contribution is -0.177. The Bertz CT molecular complexity index is 2300. The molecule has 3 aromatic rings. The summed E-state index contributed by atoms with van der Waals surface area (Å²) in [5.41, 5.74) is 5.86. The van der Waals surface area contributed by atoms with Gasteiger partial charge in [0.05, 0.1) is 5.41 Å². The van der Waals surface area contributed by atoms with Crippen LogP contribution < -0.4 is 0 Å². The molecule has 4 aliphatic carbocycles. The monoisotopic (exact) mass is 911 g/mol. The van der Waals surface area contributed by atoms with E-state index in [1.807, 2.05) is 38.1 Å². The second-order valence-corrected chi connectivity index (χ2v) is 21.3. The van der Waals surface area contributed by atoms with Gasteiger partial charge in [0, 0.05) is 35.2 Å². The number of aliphatic carboxylic acids is 3. The van der Waals surface area contributed by atoms with Crippen LogP contribution in [0.5, 0.6) is 11.5 Å². The van der Waals surface area contributed by atoms with Crippen molar-refractivity contribution in [3.8, 4) is 11.5 Å². The molecule has 5 N–H and O–H groups in total. The lowest BCUT2D eigenvalue weighted by atomic mass is 9.34. The molecule has 8 rings (SSSR count). The molecule has 1 aliphatic heterocycles. The first-order valence-electron chi connectivity index (χ1n) is 23.2. The molecule has 1 saturated heterocycles. The zero-order chi connectivity index (χ0) is 47.8. The molecule has 11 heteroatoms. The molecular formula is C54H70ClNO9. The predicted molar refractivity (Wildman–Crippen MR) is 255 cm³/mol. The average molecular weight is 913 g/mol. The Kier molecular flexibility index (Phi) is 14.5. The highest BCUT2D eigenvalue weighted by atomic mass is 35.5. The predicted octanol–water partition coefficient (Wildman–Crippen LogP) is 11.5. The van der Waals surface area contributed by atoms with Crippen LogP contribution in [0.4, 0.5) is 0 Å². The Morgan fingerprint density at radius 3 is 2.06 bits per heavy atom. The molecule has 3 saturated carbocycles. The van der Waals surface area contributed by atoms with Gasteiger partial charge in [-0.2, -0.15) is 0 Å². The van der Waals surface area contributed by atoms with E-state index in [0.717, 1.165) is 86.1 Å². The average Bonchev–Trinajstić information content (AvgIpc) is 3.68. The van der Waals surface area contributed by atoms with Crippen LogP contribution in [0.1, 0.15) is 134 Å². The first-order chi connectivity index (χ1) is 30.4. The van der Waals surface area contributed by atoms with Crippen LogP contribution in [0.15, 0.2) is 84.5 Å². The molecule has 4 fully saturated rings. The molecule has 0 amide bonds. The van der Waals surface area contributed by atoms with Gasteiger partial charge in [0.1, 0.15) is 5.60 Å². The number of likely N-dealkylation sites (tertiary alicyclic amines) is 1. The number of hydrogen-bond donors (Lipinski definition) is 5. The molecule has 0 aromatic heterocycles. The highest BCUT2D eigenvalue weighted by Crippen LogP contribution is 2.74. The lowest BCUT2D eigenvalue weighted by Gasteiger charge is -2.69. The number of aromatic hydroxyl groups is 2. The maximum Gasteiger partial charge on any atom is 0.328 e. The van der Waals surface area contributed by atoms with E-state index in [1.165, 1.54) is 36.1 Å². The molecule has 65 heavy (non-hydrogen) atoms. The summed E-state index contributed by atoms with van der Waals surface area (Å²) in [6, 6.07) is 20.9. The normalized spacial score (nSPS) is 31.2. The molecule has 8 unspecified atom stereocenters. The van der Waals surface area contributed by atoms with Gasteiger partial charge in [0.2, 0.25) is 0 Å². The summed E-state index contributed by atoms with van der Waals surface area (Å²) >= 11 is 6.07. The first-order valence-corrected chi connectivity index (χ1v) is 23.6. The minimum Gasteiger partial charge on any atom is -0.504 e. The number of carbonyl (C=O) groups is 3. The topological polar surface area (TPSA) is 165 Å². The number of carboxylic acids is 3. The van der Waals surface area contributed by atoms with Crippen LogP contribution in [-0.4, -0.2) is 74.6 Å². The third-order valence-electron chi connectivity index (χ3n) is 17.2. The van der Waals surface area contributed by atoms with Gasteiger partial charge in [-0.3, -0.25) is 4.79 Å². The Morgan fingerprint density at radius 2 is 1.48 bits per heavy atom. The van der Waals surface area contributed by atoms with Gasteiger partial charge >= 0.3 is 17.9 Å². The Balaban J connectivity index is 0.000000191. The van der Waals surface area contributed by atoms with E-state index < -0.39 is 28.9 Å². The van der Waals surface area contributed by atoms with Crippen molar-refractivity contribution in [1.82, 2.24) is 4.90 Å². The molecular weight excluding hydrogens is 842 g/mol. The summed E-state index contributed by atoms with van der Waals surface area (Å²) in [5.74, 6) is -2.80. The summed E-state index contributed by atoms with van der Waals surface area (Å²) in [6.07, 6.45) is 14.8. The summed E-state index contributed by atoms with van der Waals surface area (Å²) in [7, 11) is 2.22. The number of benzene rings is 3. The third kappa shape index (κ3) is 9.50. The fourth-order valence-corrected chi connectivity index (χ4v) is 12.8. The number of hydrogen-bond acceptors (Lipinski definition) is 7. The molecule has 1 heterocycles. The van der Waals surface area contributed by atoms with Crippen LogP contribution in [-0.2, 0) is 36.6 Å². The van der Waals surface area contributed by atoms with Crippen molar-refractivity contribution in [3.63, 3.8) is 0 Å². The van der Waals surface area contributed by atoms with Crippen LogP contribution in [0.2, 0.25) is 5.02 Å². The van der Waals surface area contributed by atoms with E-state index in [0.29, 0.717) is 24.1 Å². The molecule has 3 aromatic carbocycles. The van der Waals surface area contributed by atoms with Crippen LogP contribution >= 0.6 is 11.6 Å². The van der Waals surface area contributed by atoms with Crippen LogP contribution in [0, 0.1) is 34.5 Å². The number of nitrogens with zero attached hydrogens (tertiary/aromatic N) is 1. The smallest absolute Gasteiger partial charge is 0.328 e. The van der Waals surface area contributed by atoms with Crippen molar-refractivity contribution < 1.29 is 44.7 Å². The van der Waals surface area contributed by atoms with Gasteiger partial charge in [-0.25, -0.2) is 9.59 Å². The highest BCUT2D eigenvalue weighted by Gasteiger charge is 2.67. The van der Waals surface area contributed by atoms with Crippen molar-refractivity contribution in [1.29, 1.82) is 0 Å². The largest absolute Gasteiger partial charge is 0.504 e. The fourth-order valence-electron chi connectivity index (χ4n) is 12.6. The molecule has 0 bridgehead atoms. The van der Waals surface area contributed by atoms with Crippen LogP contribution in [0.3, 0.4) is 0 Å². The molecule has 0 radical (unpaired) electrons. The van der Waals surface area contributed by atoms with Crippen molar-refractivity contribution in [2.45, 2.75) is 136 Å². The second-order valence-electron chi connectivity index (χ2n) is 20.9. The number of phenolic OH excluding ortho intramolecular Hbond substituents is 2. The van der Waals surface area contributed by atoms with Crippen LogP contribution in [0.25, 0.3) is 0 Å². The highest BCUT2D eigenvalue weighted by molar-refractivity contribution is 6.30. The van der Waals surface area contributed by atoms with Gasteiger partial charge in [0.25, 0.3) is 0 Å². The zero-order valence-electron chi connectivity index (χ0n) is 39.5. The fraction of sp³-hybridized carbons (Fsp3) is 0.537. The number of carboxylic acid groups (broad SMARTS) is 3. The SMILES string of the molecule is CN1CCCC1CCOC(C)(c1ccccc1)c1ccc(Cl)cc1.Cc1c(O)c(O)cc2c1CC=C1C2(C)CCC2(C)C3CC(C)(C(=O)O)CCC3(C)CCC12C.O=C(O)C=CC(=O)O. The standard InChI is InChI=1S/C29H40O4.C21H26ClNO.C4H4O4/c1-17-18-7-8-21-27(4,19(18)15-20(30)23(17)31)12-14-29(6)22-16-26(3,24(32)33)10-9-25(22,2)11-13-28(21,29)5;1-21(17-7-4-3-5-8-17,18-10-12-19(22)13-11-18)24-16-14-20-9-6-15-23(20)2;5-3(6)1-2-4(7)8/h8,15,22,30-31H,7,9-14,16H2,1-6H3,(H,32,33);3-5,7-8,10-13,20H,6,9,14-16H2,1-2H3;1-2H,(H,5,6)(H,7,8). The minimum atomic E-state index is -1.26. The number of allylic oxidation sites excluding steroid dienone is 2. The van der Waals surface area contributed by atoms with Gasteiger partial charge < -0.3 is 35.2 Å². The van der Waals surface area contributed by atoms with Gasteiger partial charge in [0.15, 0.2) is 11.5 Å². The maximum atomic E-state index is 12.3. The first kappa shape index (κ1) is 49.8. The van der Waals surface area contributed by atoms with E-state index in [9.17, 15) is 29.7 Å². The molecule has 10 nitrogen and oxygen atoms in total. The Labute approximate surface area is 390 Å². The lowest BCUT2D eigenvalue weighted by Crippen LogP contribution is -2.62. The second kappa shape index (κ2) is 18.9. The van der Waals surface area contributed by atoms with Crippen molar-refractivity contribution in [3.05, 3.63) is 117 Å².